The van der Waals surface area contributed by atoms with Crippen LogP contribution in [0.4, 0.5) is 0 Å². The quantitative estimate of drug-likeness (QED) is 0.526. The molecule has 166 valence electrons. The van der Waals surface area contributed by atoms with E-state index in [-0.39, 0.29) is 17.6 Å². The highest BCUT2D eigenvalue weighted by atomic mass is 16.5. The monoisotopic (exact) mass is 435 g/mol. The number of ether oxygens (including phenoxy) is 2. The third-order valence-electron chi connectivity index (χ3n) is 5.68. The Morgan fingerprint density at radius 3 is 2.47 bits per heavy atom. The van der Waals surface area contributed by atoms with Crippen LogP contribution in [0.15, 0.2) is 48.8 Å². The molecule has 2 heterocycles. The molecule has 0 N–H and O–H groups in total. The second-order valence-electron chi connectivity index (χ2n) is 7.73. The largest absolute Gasteiger partial charge is 0.493 e. The van der Waals surface area contributed by atoms with Crippen LogP contribution >= 0.6 is 0 Å². The van der Waals surface area contributed by atoms with Crippen molar-refractivity contribution in [1.29, 1.82) is 0 Å². The molecule has 9 nitrogen and oxygen atoms in total. The number of carbonyl (C=O) groups is 2. The summed E-state index contributed by atoms with van der Waals surface area (Å²) >= 11 is 0. The van der Waals surface area contributed by atoms with Crippen molar-refractivity contribution in [2.75, 3.05) is 27.3 Å². The van der Waals surface area contributed by atoms with Gasteiger partial charge < -0.3 is 14.4 Å². The molecular weight excluding hydrogens is 410 g/mol. The molecule has 1 atom stereocenters. The Morgan fingerprint density at radius 1 is 1.03 bits per heavy atom. The number of ketones is 1. The predicted octanol–water partition coefficient (Wildman–Crippen LogP) is 2.47. The Labute approximate surface area is 185 Å². The van der Waals surface area contributed by atoms with E-state index in [0.717, 1.165) is 18.4 Å². The Morgan fingerprint density at radius 2 is 1.78 bits per heavy atom. The van der Waals surface area contributed by atoms with Crippen LogP contribution in [0, 0.1) is 5.92 Å². The summed E-state index contributed by atoms with van der Waals surface area (Å²) in [6.07, 6.45) is 3.08. The zero-order chi connectivity index (χ0) is 22.5. The highest BCUT2D eigenvalue weighted by molar-refractivity contribution is 6.00. The standard InChI is InChI=1S/C23H25N5O4/c1-31-20-10-9-18(12-21(20)32-2)22(29)19-4-3-11-27(14-19)23(30)17-7-5-16(6-8-17)13-28-15-24-25-26-28/h5-10,12,15,19H,3-4,11,13-14H2,1-2H3. The summed E-state index contributed by atoms with van der Waals surface area (Å²) in [7, 11) is 3.10. The van der Waals surface area contributed by atoms with Crippen molar-refractivity contribution in [1.82, 2.24) is 25.1 Å². The van der Waals surface area contributed by atoms with Crippen LogP contribution in [0.2, 0.25) is 0 Å². The molecule has 1 aliphatic heterocycles. The molecule has 9 heteroatoms. The molecule has 1 fully saturated rings. The minimum absolute atomic E-state index is 0.0141. The normalized spacial score (nSPS) is 15.9. The summed E-state index contributed by atoms with van der Waals surface area (Å²) < 4.78 is 12.2. The van der Waals surface area contributed by atoms with E-state index in [1.165, 1.54) is 0 Å². The van der Waals surface area contributed by atoms with Gasteiger partial charge in [-0.3, -0.25) is 9.59 Å². The lowest BCUT2D eigenvalue weighted by atomic mass is 9.89. The number of piperidine rings is 1. The van der Waals surface area contributed by atoms with Crippen molar-refractivity contribution in [3.05, 3.63) is 65.5 Å². The lowest BCUT2D eigenvalue weighted by molar-refractivity contribution is 0.0637. The van der Waals surface area contributed by atoms with Crippen LogP contribution in [0.25, 0.3) is 0 Å². The van der Waals surface area contributed by atoms with Crippen molar-refractivity contribution in [3.63, 3.8) is 0 Å². The first-order chi connectivity index (χ1) is 15.6. The number of likely N-dealkylation sites (tertiary alicyclic amines) is 1. The maximum atomic E-state index is 13.1. The van der Waals surface area contributed by atoms with Gasteiger partial charge in [0, 0.05) is 30.1 Å². The van der Waals surface area contributed by atoms with Crippen LogP contribution in [0.5, 0.6) is 11.5 Å². The molecule has 0 aliphatic carbocycles. The van der Waals surface area contributed by atoms with Gasteiger partial charge in [-0.15, -0.1) is 5.10 Å². The SMILES string of the molecule is COc1ccc(C(=O)C2CCCN(C(=O)c3ccc(Cn4cnnn4)cc3)C2)cc1OC. The molecule has 0 radical (unpaired) electrons. The number of rotatable bonds is 7. The summed E-state index contributed by atoms with van der Waals surface area (Å²) in [5.41, 5.74) is 2.16. The zero-order valence-corrected chi connectivity index (χ0v) is 18.1. The first-order valence-electron chi connectivity index (χ1n) is 10.4. The van der Waals surface area contributed by atoms with Gasteiger partial charge in [-0.2, -0.15) is 0 Å². The summed E-state index contributed by atoms with van der Waals surface area (Å²) in [6.45, 7) is 1.58. The summed E-state index contributed by atoms with van der Waals surface area (Å²) in [4.78, 5) is 27.9. The van der Waals surface area contributed by atoms with Crippen LogP contribution in [-0.4, -0.2) is 64.1 Å². The molecule has 2 aromatic carbocycles. The van der Waals surface area contributed by atoms with Crippen molar-refractivity contribution >= 4 is 11.7 Å². The van der Waals surface area contributed by atoms with Gasteiger partial charge in [-0.1, -0.05) is 12.1 Å². The van der Waals surface area contributed by atoms with Gasteiger partial charge in [-0.05, 0) is 59.2 Å². The van der Waals surface area contributed by atoms with Gasteiger partial charge in [-0.25, -0.2) is 4.68 Å². The van der Waals surface area contributed by atoms with Crippen LogP contribution < -0.4 is 9.47 Å². The molecular formula is C23H25N5O4. The molecule has 1 unspecified atom stereocenters. The number of tetrazole rings is 1. The van der Waals surface area contributed by atoms with Gasteiger partial charge >= 0.3 is 0 Å². The molecule has 0 bridgehead atoms. The van der Waals surface area contributed by atoms with E-state index in [4.69, 9.17) is 9.47 Å². The molecule has 32 heavy (non-hydrogen) atoms. The van der Waals surface area contributed by atoms with Crippen LogP contribution in [0.3, 0.4) is 0 Å². The fraction of sp³-hybridized carbons (Fsp3) is 0.348. The molecule has 3 aromatic rings. The minimum atomic E-state index is -0.245. The Bertz CT molecular complexity index is 1080. The van der Waals surface area contributed by atoms with Crippen molar-refractivity contribution in [2.45, 2.75) is 19.4 Å². The highest BCUT2D eigenvalue weighted by Gasteiger charge is 2.30. The van der Waals surface area contributed by atoms with Crippen LogP contribution in [0.1, 0.15) is 39.1 Å². The average molecular weight is 435 g/mol. The number of nitrogens with zero attached hydrogens (tertiary/aromatic N) is 5. The van der Waals surface area contributed by atoms with Gasteiger partial charge in [0.25, 0.3) is 5.91 Å². The first kappa shape index (κ1) is 21.5. The lowest BCUT2D eigenvalue weighted by Crippen LogP contribution is -2.42. The number of aromatic nitrogens is 4. The van der Waals surface area contributed by atoms with E-state index in [0.29, 0.717) is 42.3 Å². The van der Waals surface area contributed by atoms with E-state index in [9.17, 15) is 9.59 Å². The number of hydrogen-bond acceptors (Lipinski definition) is 7. The fourth-order valence-corrected chi connectivity index (χ4v) is 3.98. The first-order valence-corrected chi connectivity index (χ1v) is 10.4. The van der Waals surface area contributed by atoms with Crippen molar-refractivity contribution in [2.24, 2.45) is 5.92 Å². The number of benzene rings is 2. The Kier molecular flexibility index (Phi) is 6.44. The molecule has 4 rings (SSSR count). The summed E-state index contributed by atoms with van der Waals surface area (Å²) in [5.74, 6) is 0.797. The number of amides is 1. The summed E-state index contributed by atoms with van der Waals surface area (Å²) in [6, 6.07) is 12.6. The zero-order valence-electron chi connectivity index (χ0n) is 18.1. The second kappa shape index (κ2) is 9.59. The van der Waals surface area contributed by atoms with Gasteiger partial charge in [0.05, 0.1) is 20.8 Å². The van der Waals surface area contributed by atoms with E-state index >= 15 is 0 Å². The average Bonchev–Trinajstić information content (AvgIpc) is 3.36. The topological polar surface area (TPSA) is 99.4 Å². The lowest BCUT2D eigenvalue weighted by Gasteiger charge is -2.32. The second-order valence-corrected chi connectivity index (χ2v) is 7.73. The summed E-state index contributed by atoms with van der Waals surface area (Å²) in [5, 5.41) is 11.1. The smallest absolute Gasteiger partial charge is 0.253 e. The highest BCUT2D eigenvalue weighted by Crippen LogP contribution is 2.30. The van der Waals surface area contributed by atoms with Gasteiger partial charge in [0.2, 0.25) is 0 Å². The van der Waals surface area contributed by atoms with E-state index in [2.05, 4.69) is 15.5 Å². The maximum Gasteiger partial charge on any atom is 0.253 e. The van der Waals surface area contributed by atoms with Crippen molar-refractivity contribution < 1.29 is 19.1 Å². The number of carbonyl (C=O) groups excluding carboxylic acids is 2. The Hall–Kier alpha value is -3.75. The van der Waals surface area contributed by atoms with Crippen molar-refractivity contribution in [3.8, 4) is 11.5 Å². The number of methoxy groups -OCH3 is 2. The molecule has 1 aromatic heterocycles. The van der Waals surface area contributed by atoms with Gasteiger partial charge in [0.1, 0.15) is 6.33 Å². The number of Topliss-reactive ketones (excluding diaryl/α,β-unsaturated/α-hetero) is 1. The maximum absolute atomic E-state index is 13.1. The fourth-order valence-electron chi connectivity index (χ4n) is 3.98. The molecule has 1 aliphatic rings. The molecule has 0 saturated carbocycles. The molecule has 1 amide bonds. The third kappa shape index (κ3) is 4.61. The predicted molar refractivity (Wildman–Crippen MR) is 116 cm³/mol. The van der Waals surface area contributed by atoms with Crippen LogP contribution in [-0.2, 0) is 6.54 Å². The third-order valence-corrected chi connectivity index (χ3v) is 5.68. The number of hydrogen-bond donors (Lipinski definition) is 0. The van der Waals surface area contributed by atoms with E-state index < -0.39 is 0 Å². The van der Waals surface area contributed by atoms with Gasteiger partial charge in [0.15, 0.2) is 17.3 Å². The Balaban J connectivity index is 1.43. The van der Waals surface area contributed by atoms with E-state index in [1.54, 1.807) is 48.3 Å². The molecule has 0 spiro atoms. The molecule has 1 saturated heterocycles. The minimum Gasteiger partial charge on any atom is -0.493 e. The van der Waals surface area contributed by atoms with E-state index in [1.807, 2.05) is 24.3 Å².